The Labute approximate surface area is 150 Å². The highest BCUT2D eigenvalue weighted by atomic mass is 16.6. The first-order valence-electron chi connectivity index (χ1n) is 7.39. The number of hydrazone groups is 2. The van der Waals surface area contributed by atoms with Crippen LogP contribution < -0.4 is 33.0 Å². The number of hydrogen-bond donors (Lipinski definition) is 6. The van der Waals surface area contributed by atoms with Crippen molar-refractivity contribution in [2.75, 3.05) is 22.1 Å². The quantitative estimate of drug-likeness (QED) is 0.198. The average Bonchev–Trinajstić information content (AvgIpc) is 3.22. The lowest BCUT2D eigenvalue weighted by Crippen LogP contribution is -2.24. The molecule has 0 aliphatic heterocycles. The molecule has 2 heterocycles. The van der Waals surface area contributed by atoms with Crippen molar-refractivity contribution in [3.63, 3.8) is 0 Å². The predicted octanol–water partition coefficient (Wildman–Crippen LogP) is -0.298. The third-order valence-corrected chi connectivity index (χ3v) is 2.67. The molecule has 2 rings (SSSR count). The van der Waals surface area contributed by atoms with Crippen LogP contribution in [0.1, 0.15) is 19.3 Å². The Morgan fingerprint density at radius 3 is 1.67 bits per heavy atom. The van der Waals surface area contributed by atoms with Gasteiger partial charge in [0.25, 0.3) is 0 Å². The van der Waals surface area contributed by atoms with Gasteiger partial charge in [-0.05, 0) is 39.9 Å². The minimum absolute atomic E-state index is 0.00190. The number of anilines is 4. The van der Waals surface area contributed by atoms with E-state index in [-0.39, 0.29) is 23.3 Å². The molecular formula is C11H16N12O4. The molecule has 16 heteroatoms. The van der Waals surface area contributed by atoms with Gasteiger partial charge in [0.05, 0.1) is 0 Å². The normalized spacial score (nSPS) is 11.0. The summed E-state index contributed by atoms with van der Waals surface area (Å²) in [5.74, 6) is -0.0929. The summed E-state index contributed by atoms with van der Waals surface area (Å²) in [6.07, 6.45) is 4.80. The molecule has 2 aromatic heterocycles. The lowest BCUT2D eigenvalue weighted by atomic mass is 10.3. The summed E-state index contributed by atoms with van der Waals surface area (Å²) in [4.78, 5) is 22.9. The van der Waals surface area contributed by atoms with Crippen LogP contribution in [0.15, 0.2) is 19.5 Å². The highest BCUT2D eigenvalue weighted by molar-refractivity contribution is 5.91. The maximum Gasteiger partial charge on any atom is 0.340 e. The van der Waals surface area contributed by atoms with E-state index in [1.807, 2.05) is 0 Å². The Morgan fingerprint density at radius 1 is 0.852 bits per heavy atom. The van der Waals surface area contributed by atoms with Crippen LogP contribution in [-0.4, -0.2) is 45.1 Å². The molecule has 0 spiro atoms. The molecule has 27 heavy (non-hydrogen) atoms. The molecule has 0 bridgehead atoms. The van der Waals surface area contributed by atoms with E-state index < -0.39 is 12.1 Å². The first-order chi connectivity index (χ1) is 13.1. The fraction of sp³-hybridized carbons (Fsp3) is 0.273. The van der Waals surface area contributed by atoms with Crippen molar-refractivity contribution < 1.29 is 18.8 Å². The Bertz CT molecular complexity index is 746. The monoisotopic (exact) mass is 380 g/mol. The van der Waals surface area contributed by atoms with Gasteiger partial charge in [-0.1, -0.05) is 0 Å². The van der Waals surface area contributed by atoms with Crippen molar-refractivity contribution in [2.45, 2.75) is 19.3 Å². The second-order valence-corrected chi connectivity index (χ2v) is 4.68. The molecule has 0 aliphatic rings. The van der Waals surface area contributed by atoms with Crippen LogP contribution in [0.2, 0.25) is 0 Å². The topological polar surface area (TPSA) is 237 Å². The minimum Gasteiger partial charge on any atom is -0.378 e. The lowest BCUT2D eigenvalue weighted by Gasteiger charge is -1.99. The zero-order valence-corrected chi connectivity index (χ0v) is 13.7. The van der Waals surface area contributed by atoms with Crippen molar-refractivity contribution in [3.8, 4) is 0 Å². The van der Waals surface area contributed by atoms with Crippen LogP contribution >= 0.6 is 0 Å². The minimum atomic E-state index is -0.645. The van der Waals surface area contributed by atoms with Crippen LogP contribution in [0, 0.1) is 0 Å². The summed E-state index contributed by atoms with van der Waals surface area (Å²) < 4.78 is 8.64. The van der Waals surface area contributed by atoms with Crippen LogP contribution in [-0.2, 0) is 0 Å². The number of nitrogens with one attached hydrogen (secondary N) is 4. The van der Waals surface area contributed by atoms with Crippen molar-refractivity contribution >= 4 is 47.8 Å². The van der Waals surface area contributed by atoms with Gasteiger partial charge in [0, 0.05) is 12.4 Å². The number of urea groups is 2. The van der Waals surface area contributed by atoms with Gasteiger partial charge in [0.2, 0.25) is 23.3 Å². The summed E-state index contributed by atoms with van der Waals surface area (Å²) in [5, 5.41) is 25.4. The largest absolute Gasteiger partial charge is 0.378 e. The molecule has 2 aromatic rings. The van der Waals surface area contributed by atoms with Crippen molar-refractivity contribution in [2.24, 2.45) is 10.2 Å². The molecule has 16 nitrogen and oxygen atoms in total. The van der Waals surface area contributed by atoms with Gasteiger partial charge < -0.3 is 11.5 Å². The van der Waals surface area contributed by atoms with E-state index in [4.69, 9.17) is 11.5 Å². The Balaban J connectivity index is 1.52. The predicted molar refractivity (Wildman–Crippen MR) is 92.6 cm³/mol. The number of rotatable bonds is 8. The van der Waals surface area contributed by atoms with Gasteiger partial charge in [-0.2, -0.15) is 10.2 Å². The molecule has 144 valence electrons. The van der Waals surface area contributed by atoms with Crippen molar-refractivity contribution in [1.29, 1.82) is 0 Å². The molecule has 0 saturated carbocycles. The van der Waals surface area contributed by atoms with Crippen LogP contribution in [0.3, 0.4) is 0 Å². The third kappa shape index (κ3) is 6.64. The highest BCUT2D eigenvalue weighted by Gasteiger charge is 2.09. The summed E-state index contributed by atoms with van der Waals surface area (Å²) in [7, 11) is 0. The molecule has 8 N–H and O–H groups in total. The van der Waals surface area contributed by atoms with E-state index in [0.717, 1.165) is 0 Å². The van der Waals surface area contributed by atoms with Crippen LogP contribution in [0.25, 0.3) is 0 Å². The van der Waals surface area contributed by atoms with E-state index in [1.54, 1.807) is 0 Å². The second-order valence-electron chi connectivity index (χ2n) is 4.68. The smallest absolute Gasteiger partial charge is 0.340 e. The Kier molecular flexibility index (Phi) is 7.01. The maximum absolute atomic E-state index is 11.4. The van der Waals surface area contributed by atoms with Gasteiger partial charge in [-0.15, -0.1) is 0 Å². The summed E-state index contributed by atoms with van der Waals surface area (Å²) in [5.41, 5.74) is 15.2. The fourth-order valence-corrected chi connectivity index (χ4v) is 1.47. The van der Waals surface area contributed by atoms with Crippen LogP contribution in [0.5, 0.6) is 0 Å². The SMILES string of the molecule is Nc1nonc1NC(=O)NN=CCCCC=NNC(=O)Nc1nonc1N. The zero-order valence-electron chi connectivity index (χ0n) is 13.7. The molecule has 0 unspecified atom stereocenters. The van der Waals surface area contributed by atoms with E-state index in [2.05, 4.69) is 61.6 Å². The van der Waals surface area contributed by atoms with Gasteiger partial charge >= 0.3 is 12.1 Å². The molecule has 0 atom stereocenters. The number of nitrogens with zero attached hydrogens (tertiary/aromatic N) is 6. The van der Waals surface area contributed by atoms with Crippen molar-refractivity contribution in [3.05, 3.63) is 0 Å². The van der Waals surface area contributed by atoms with Gasteiger partial charge in [0.15, 0.2) is 0 Å². The van der Waals surface area contributed by atoms with Crippen LogP contribution in [0.4, 0.5) is 32.9 Å². The highest BCUT2D eigenvalue weighted by Crippen LogP contribution is 2.10. The second kappa shape index (κ2) is 9.91. The van der Waals surface area contributed by atoms with E-state index >= 15 is 0 Å². The number of unbranched alkanes of at least 4 members (excludes halogenated alkanes) is 2. The number of nitrogen functional groups attached to an aromatic ring is 2. The number of nitrogens with two attached hydrogens (primary N) is 2. The molecule has 0 aliphatic carbocycles. The number of hydrogen-bond acceptors (Lipinski definition) is 12. The maximum atomic E-state index is 11.4. The summed E-state index contributed by atoms with van der Waals surface area (Å²) in [6.45, 7) is 0. The van der Waals surface area contributed by atoms with E-state index in [1.165, 1.54) is 12.4 Å². The molecular weight excluding hydrogens is 364 g/mol. The molecule has 0 aromatic carbocycles. The van der Waals surface area contributed by atoms with Crippen molar-refractivity contribution in [1.82, 2.24) is 31.5 Å². The standard InChI is InChI=1S/C11H16N12O4/c12-6-8(22-26-20-6)16-10(24)18-14-4-2-1-3-5-15-19-11(25)17-9-7(13)21-27-23-9/h4-5H,1-3H2,(H2,12,20)(H2,13,21)(H2,16,18,22,24)(H2,17,19,23,25). The summed E-state index contributed by atoms with van der Waals surface area (Å²) in [6, 6.07) is -1.29. The van der Waals surface area contributed by atoms with Gasteiger partial charge in [0.1, 0.15) is 0 Å². The van der Waals surface area contributed by atoms with Gasteiger partial charge in [-0.25, -0.2) is 29.7 Å². The first-order valence-corrected chi connectivity index (χ1v) is 7.39. The molecule has 0 fully saturated rings. The number of amides is 4. The Morgan fingerprint density at radius 2 is 1.30 bits per heavy atom. The lowest BCUT2D eigenvalue weighted by molar-refractivity contribution is 0.251. The third-order valence-electron chi connectivity index (χ3n) is 2.67. The van der Waals surface area contributed by atoms with E-state index in [9.17, 15) is 9.59 Å². The molecule has 0 radical (unpaired) electrons. The summed E-state index contributed by atoms with van der Waals surface area (Å²) >= 11 is 0. The fourth-order valence-electron chi connectivity index (χ4n) is 1.47. The Hall–Kier alpha value is -4.24. The first kappa shape index (κ1) is 19.1. The number of carbonyl (C=O) groups excluding carboxylic acids is 2. The zero-order chi connectivity index (χ0) is 19.5. The van der Waals surface area contributed by atoms with Gasteiger partial charge in [-0.3, -0.25) is 10.6 Å². The molecule has 4 amide bonds. The van der Waals surface area contributed by atoms with E-state index in [0.29, 0.717) is 19.3 Å². The molecule has 0 saturated heterocycles. The average molecular weight is 380 g/mol. The number of carbonyl (C=O) groups is 2. The number of aromatic nitrogens is 4.